The normalized spacial score (nSPS) is 12.6. The Morgan fingerprint density at radius 3 is 2.16 bits per heavy atom. The molecule has 0 spiro atoms. The molecule has 0 radical (unpaired) electrons. The summed E-state index contributed by atoms with van der Waals surface area (Å²) in [6, 6.07) is 6.18. The van der Waals surface area contributed by atoms with Crippen LogP contribution in [0.3, 0.4) is 0 Å². The Balaban J connectivity index is 2.83. The number of hydrogen-bond donors (Lipinski definition) is 1. The summed E-state index contributed by atoms with van der Waals surface area (Å²) in [5.74, 6) is 0. The van der Waals surface area contributed by atoms with Crippen LogP contribution in [0, 0.1) is 5.41 Å². The Labute approximate surface area is 128 Å². The van der Waals surface area contributed by atoms with Gasteiger partial charge in [0.1, 0.15) is 0 Å². The number of rotatable bonds is 7. The van der Waals surface area contributed by atoms with E-state index in [0.29, 0.717) is 11.6 Å². The molecule has 0 fully saturated rings. The predicted octanol–water partition coefficient (Wildman–Crippen LogP) is 3.82. The number of nitrogens with one attached hydrogen (secondary N) is 1. The van der Waals surface area contributed by atoms with Crippen molar-refractivity contribution < 1.29 is 8.42 Å². The van der Waals surface area contributed by atoms with Gasteiger partial charge in [0.05, 0.1) is 4.90 Å². The number of sulfonamides is 1. The van der Waals surface area contributed by atoms with Gasteiger partial charge in [-0.15, -0.1) is 0 Å². The second kappa shape index (κ2) is 7.07. The molecule has 19 heavy (non-hydrogen) atoms. The van der Waals surface area contributed by atoms with Crippen molar-refractivity contribution in [1.29, 1.82) is 0 Å². The van der Waals surface area contributed by atoms with Crippen LogP contribution in [0.2, 0.25) is 5.02 Å². The summed E-state index contributed by atoms with van der Waals surface area (Å²) >= 11 is 9.23. The van der Waals surface area contributed by atoms with Gasteiger partial charge in [-0.3, -0.25) is 0 Å². The van der Waals surface area contributed by atoms with Crippen molar-refractivity contribution in [3.8, 4) is 0 Å². The third-order valence-electron chi connectivity index (χ3n) is 3.54. The topological polar surface area (TPSA) is 46.2 Å². The molecule has 0 atom stereocenters. The molecule has 0 saturated heterocycles. The Morgan fingerprint density at radius 1 is 1.21 bits per heavy atom. The highest BCUT2D eigenvalue weighted by molar-refractivity contribution is 9.09. The van der Waals surface area contributed by atoms with Crippen molar-refractivity contribution in [2.45, 2.75) is 31.6 Å². The Kier molecular flexibility index (Phi) is 6.30. The summed E-state index contributed by atoms with van der Waals surface area (Å²) in [5.41, 5.74) is -0.0422. The van der Waals surface area contributed by atoms with Crippen molar-refractivity contribution >= 4 is 37.6 Å². The Bertz CT molecular complexity index is 490. The minimum absolute atomic E-state index is 0.0422. The molecule has 0 bridgehead atoms. The van der Waals surface area contributed by atoms with E-state index in [2.05, 4.69) is 34.5 Å². The summed E-state index contributed by atoms with van der Waals surface area (Å²) in [6.07, 6.45) is 1.83. The van der Waals surface area contributed by atoms with Crippen LogP contribution in [0.4, 0.5) is 0 Å². The average molecular weight is 369 g/mol. The average Bonchev–Trinajstić information content (AvgIpc) is 2.41. The highest BCUT2D eigenvalue weighted by atomic mass is 79.9. The largest absolute Gasteiger partial charge is 0.240 e. The summed E-state index contributed by atoms with van der Waals surface area (Å²) in [6.45, 7) is 4.57. The predicted molar refractivity (Wildman–Crippen MR) is 83.4 cm³/mol. The maximum absolute atomic E-state index is 12.2. The number of alkyl halides is 1. The zero-order valence-corrected chi connectivity index (χ0v) is 14.3. The first-order valence-electron chi connectivity index (χ1n) is 6.20. The van der Waals surface area contributed by atoms with Crippen molar-refractivity contribution in [3.05, 3.63) is 29.3 Å². The molecular formula is C13H19BrClNO2S. The van der Waals surface area contributed by atoms with E-state index < -0.39 is 10.0 Å². The van der Waals surface area contributed by atoms with E-state index in [1.807, 2.05) is 0 Å². The molecular weight excluding hydrogens is 350 g/mol. The molecule has 1 N–H and O–H groups in total. The van der Waals surface area contributed by atoms with E-state index >= 15 is 0 Å². The third kappa shape index (κ3) is 4.45. The van der Waals surface area contributed by atoms with Gasteiger partial charge in [-0.1, -0.05) is 41.4 Å². The molecule has 0 aromatic heterocycles. The van der Waals surface area contributed by atoms with Gasteiger partial charge in [-0.05, 0) is 42.5 Å². The van der Waals surface area contributed by atoms with E-state index in [9.17, 15) is 8.42 Å². The van der Waals surface area contributed by atoms with Crippen LogP contribution in [0.15, 0.2) is 29.2 Å². The molecule has 1 rings (SSSR count). The van der Waals surface area contributed by atoms with Gasteiger partial charge < -0.3 is 0 Å². The highest BCUT2D eigenvalue weighted by Gasteiger charge is 2.27. The van der Waals surface area contributed by atoms with Gasteiger partial charge in [-0.25, -0.2) is 13.1 Å². The number of benzene rings is 1. The van der Waals surface area contributed by atoms with E-state index in [1.54, 1.807) is 12.1 Å². The standard InChI is InChI=1S/C13H19BrClNO2S/c1-3-13(4-2,9-14)10-16-19(17,18)12-7-5-11(15)6-8-12/h5-8,16H,3-4,9-10H2,1-2H3. The molecule has 0 saturated carbocycles. The van der Waals surface area contributed by atoms with Crippen molar-refractivity contribution in [2.24, 2.45) is 5.41 Å². The lowest BCUT2D eigenvalue weighted by Crippen LogP contribution is -2.38. The highest BCUT2D eigenvalue weighted by Crippen LogP contribution is 2.28. The van der Waals surface area contributed by atoms with Crippen molar-refractivity contribution in [2.75, 3.05) is 11.9 Å². The fourth-order valence-corrected chi connectivity index (χ4v) is 3.96. The SMILES string of the molecule is CCC(CC)(CBr)CNS(=O)(=O)c1ccc(Cl)cc1. The number of halogens is 2. The van der Waals surface area contributed by atoms with Gasteiger partial charge in [0.25, 0.3) is 0 Å². The first-order chi connectivity index (χ1) is 8.89. The van der Waals surface area contributed by atoms with Crippen molar-refractivity contribution in [1.82, 2.24) is 4.72 Å². The van der Waals surface area contributed by atoms with Crippen LogP contribution in [0.25, 0.3) is 0 Å². The van der Waals surface area contributed by atoms with Gasteiger partial charge in [0, 0.05) is 16.9 Å². The summed E-state index contributed by atoms with van der Waals surface area (Å²) in [5, 5.41) is 1.30. The van der Waals surface area contributed by atoms with Crippen LogP contribution < -0.4 is 4.72 Å². The molecule has 0 unspecified atom stereocenters. The fourth-order valence-electron chi connectivity index (χ4n) is 1.68. The van der Waals surface area contributed by atoms with Crippen molar-refractivity contribution in [3.63, 3.8) is 0 Å². The van der Waals surface area contributed by atoms with Crippen LogP contribution in [-0.4, -0.2) is 20.3 Å². The third-order valence-corrected chi connectivity index (χ3v) is 6.40. The van der Waals surface area contributed by atoms with Gasteiger partial charge in [-0.2, -0.15) is 0 Å². The molecule has 6 heteroatoms. The molecule has 108 valence electrons. The summed E-state index contributed by atoms with van der Waals surface area (Å²) in [7, 11) is -3.47. The first-order valence-corrected chi connectivity index (χ1v) is 9.18. The van der Waals surface area contributed by atoms with E-state index in [4.69, 9.17) is 11.6 Å². The monoisotopic (exact) mass is 367 g/mol. The Hall–Kier alpha value is -0.100. The molecule has 1 aromatic carbocycles. The lowest BCUT2D eigenvalue weighted by Gasteiger charge is -2.29. The smallest absolute Gasteiger partial charge is 0.211 e. The second-order valence-corrected chi connectivity index (χ2v) is 7.38. The molecule has 1 aromatic rings. The summed E-state index contributed by atoms with van der Waals surface area (Å²) in [4.78, 5) is 0.243. The van der Waals surface area contributed by atoms with Gasteiger partial charge in [0.2, 0.25) is 10.0 Å². The molecule has 0 aliphatic heterocycles. The lowest BCUT2D eigenvalue weighted by atomic mass is 9.85. The lowest BCUT2D eigenvalue weighted by molar-refractivity contribution is 0.309. The summed E-state index contributed by atoms with van der Waals surface area (Å²) < 4.78 is 27.0. The van der Waals surface area contributed by atoms with Gasteiger partial charge in [0.15, 0.2) is 0 Å². The minimum atomic E-state index is -3.47. The zero-order valence-electron chi connectivity index (χ0n) is 11.1. The maximum Gasteiger partial charge on any atom is 0.240 e. The van der Waals surface area contributed by atoms with Gasteiger partial charge >= 0.3 is 0 Å². The van der Waals surface area contributed by atoms with Crippen LogP contribution in [-0.2, 0) is 10.0 Å². The molecule has 3 nitrogen and oxygen atoms in total. The maximum atomic E-state index is 12.2. The minimum Gasteiger partial charge on any atom is -0.211 e. The molecule has 0 aliphatic rings. The fraction of sp³-hybridized carbons (Fsp3) is 0.538. The quantitative estimate of drug-likeness (QED) is 0.744. The van der Waals surface area contributed by atoms with E-state index in [0.717, 1.165) is 18.2 Å². The number of hydrogen-bond acceptors (Lipinski definition) is 2. The Morgan fingerprint density at radius 2 is 1.74 bits per heavy atom. The molecule has 0 aliphatic carbocycles. The first kappa shape index (κ1) is 17.0. The van der Waals surface area contributed by atoms with Crippen LogP contribution in [0.5, 0.6) is 0 Å². The second-order valence-electron chi connectivity index (χ2n) is 4.62. The molecule has 0 heterocycles. The molecule has 0 amide bonds. The van der Waals surface area contributed by atoms with E-state index in [-0.39, 0.29) is 10.3 Å². The zero-order chi connectivity index (χ0) is 14.5. The van der Waals surface area contributed by atoms with Crippen LogP contribution in [0.1, 0.15) is 26.7 Å². The van der Waals surface area contributed by atoms with Crippen LogP contribution >= 0.6 is 27.5 Å². The van der Waals surface area contributed by atoms with E-state index in [1.165, 1.54) is 12.1 Å².